The number of fused-ring (bicyclic) bond motifs is 1. The lowest BCUT2D eigenvalue weighted by Crippen LogP contribution is -2.25. The second-order valence-corrected chi connectivity index (χ2v) is 6.67. The fraction of sp³-hybridized carbons (Fsp3) is 0.312. The van der Waals surface area contributed by atoms with E-state index in [0.29, 0.717) is 6.54 Å². The van der Waals surface area contributed by atoms with Crippen molar-refractivity contribution in [2.75, 3.05) is 11.4 Å². The Hall–Kier alpha value is -2.22. The monoisotopic (exact) mass is 350 g/mol. The lowest BCUT2D eigenvalue weighted by atomic mass is 10.2. The van der Waals surface area contributed by atoms with Crippen molar-refractivity contribution in [3.8, 4) is 0 Å². The van der Waals surface area contributed by atoms with Crippen LogP contribution in [0, 0.1) is 0 Å². The van der Waals surface area contributed by atoms with E-state index in [1.165, 1.54) is 6.20 Å². The summed E-state index contributed by atoms with van der Waals surface area (Å²) in [6.45, 7) is 0.627. The van der Waals surface area contributed by atoms with Crippen molar-refractivity contribution in [3.05, 3.63) is 47.2 Å². The minimum atomic E-state index is -4.47. The fourth-order valence-electron chi connectivity index (χ4n) is 2.94. The maximum atomic E-state index is 12.9. The molecule has 0 N–H and O–H groups in total. The zero-order valence-corrected chi connectivity index (χ0v) is 13.3. The molecule has 0 amide bonds. The van der Waals surface area contributed by atoms with Crippen molar-refractivity contribution in [3.63, 3.8) is 0 Å². The van der Waals surface area contributed by atoms with Crippen LogP contribution in [0.1, 0.15) is 29.6 Å². The molecule has 1 aliphatic rings. The second-order valence-electron chi connectivity index (χ2n) is 5.61. The molecule has 1 unspecified atom stereocenters. The minimum Gasteiger partial charge on any atom is -0.331 e. The number of nitrogens with zero attached hydrogens (tertiary/aromatic N) is 4. The Labute approximate surface area is 140 Å². The van der Waals surface area contributed by atoms with E-state index >= 15 is 0 Å². The van der Waals surface area contributed by atoms with Gasteiger partial charge in [0.05, 0.1) is 16.3 Å². The fourth-order valence-corrected chi connectivity index (χ4v) is 4.06. The van der Waals surface area contributed by atoms with Crippen molar-refractivity contribution in [2.24, 2.45) is 0 Å². The summed E-state index contributed by atoms with van der Waals surface area (Å²) in [7, 11) is 0. The Balaban J connectivity index is 1.70. The molecule has 2 aromatic heterocycles. The van der Waals surface area contributed by atoms with Crippen LogP contribution in [0.2, 0.25) is 0 Å². The number of para-hydroxylation sites is 1. The zero-order chi connectivity index (χ0) is 16.7. The molecule has 0 bridgehead atoms. The minimum absolute atomic E-state index is 0.0779. The Kier molecular flexibility index (Phi) is 3.64. The summed E-state index contributed by atoms with van der Waals surface area (Å²) in [5.41, 5.74) is -0.00300. The van der Waals surface area contributed by atoms with Crippen molar-refractivity contribution >= 4 is 27.5 Å². The molecule has 0 spiro atoms. The predicted molar refractivity (Wildman–Crippen MR) is 86.0 cm³/mol. The summed E-state index contributed by atoms with van der Waals surface area (Å²) >= 11 is 1.57. The first-order chi connectivity index (χ1) is 11.5. The molecule has 124 valence electrons. The van der Waals surface area contributed by atoms with Gasteiger partial charge in [-0.3, -0.25) is 0 Å². The average Bonchev–Trinajstić information content (AvgIpc) is 3.20. The standard InChI is InChI=1S/C16H13F3N4S/c17-16(18,19)13-7-8-20-15(22-13)23-9-3-5-11(23)14-21-10-4-1-2-6-12(10)24-14/h1-2,4,6-8,11H,3,5,9H2. The van der Waals surface area contributed by atoms with Gasteiger partial charge in [0.1, 0.15) is 10.7 Å². The molecule has 0 radical (unpaired) electrons. The van der Waals surface area contributed by atoms with Crippen molar-refractivity contribution < 1.29 is 13.2 Å². The third-order valence-corrected chi connectivity index (χ3v) is 5.18. The predicted octanol–water partition coefficient (Wildman–Crippen LogP) is 4.45. The first-order valence-electron chi connectivity index (χ1n) is 7.55. The summed E-state index contributed by atoms with van der Waals surface area (Å²) < 4.78 is 39.8. The first-order valence-corrected chi connectivity index (χ1v) is 8.36. The molecule has 4 nitrogen and oxygen atoms in total. The Morgan fingerprint density at radius 1 is 1.12 bits per heavy atom. The average molecular weight is 350 g/mol. The second kappa shape index (κ2) is 5.70. The summed E-state index contributed by atoms with van der Waals surface area (Å²) in [4.78, 5) is 14.2. The van der Waals surface area contributed by atoms with Gasteiger partial charge in [0, 0.05) is 12.7 Å². The molecule has 1 fully saturated rings. The summed E-state index contributed by atoms with van der Waals surface area (Å²) in [5, 5.41) is 0.898. The van der Waals surface area contributed by atoms with E-state index in [9.17, 15) is 13.2 Å². The van der Waals surface area contributed by atoms with Crippen LogP contribution in [0.5, 0.6) is 0 Å². The highest BCUT2D eigenvalue weighted by molar-refractivity contribution is 7.18. The van der Waals surface area contributed by atoms with E-state index in [0.717, 1.165) is 34.1 Å². The number of halogens is 3. The number of hydrogen-bond donors (Lipinski definition) is 0. The first kappa shape index (κ1) is 15.3. The van der Waals surface area contributed by atoms with E-state index in [1.54, 1.807) is 11.3 Å². The molecule has 3 heterocycles. The summed E-state index contributed by atoms with van der Waals surface area (Å²) in [5.74, 6) is 0.117. The van der Waals surface area contributed by atoms with Gasteiger partial charge in [-0.15, -0.1) is 11.3 Å². The molecule has 8 heteroatoms. The lowest BCUT2D eigenvalue weighted by molar-refractivity contribution is -0.141. The van der Waals surface area contributed by atoms with Crippen molar-refractivity contribution in [2.45, 2.75) is 25.1 Å². The van der Waals surface area contributed by atoms with Gasteiger partial charge < -0.3 is 4.90 Å². The van der Waals surface area contributed by atoms with Crippen LogP contribution in [0.25, 0.3) is 10.2 Å². The van der Waals surface area contributed by atoms with Gasteiger partial charge in [-0.2, -0.15) is 13.2 Å². The van der Waals surface area contributed by atoms with Crippen LogP contribution in [0.4, 0.5) is 19.1 Å². The van der Waals surface area contributed by atoms with E-state index in [1.807, 2.05) is 29.2 Å². The number of rotatable bonds is 2. The number of thiazole rings is 1. The maximum absolute atomic E-state index is 12.9. The van der Waals surface area contributed by atoms with Crippen molar-refractivity contribution in [1.82, 2.24) is 15.0 Å². The van der Waals surface area contributed by atoms with Gasteiger partial charge in [0.15, 0.2) is 0 Å². The lowest BCUT2D eigenvalue weighted by Gasteiger charge is -2.23. The van der Waals surface area contributed by atoms with E-state index in [2.05, 4.69) is 15.0 Å². The third kappa shape index (κ3) is 2.71. The Morgan fingerprint density at radius 2 is 1.96 bits per heavy atom. The largest absolute Gasteiger partial charge is 0.433 e. The van der Waals surface area contributed by atoms with Crippen LogP contribution in [0.3, 0.4) is 0 Å². The van der Waals surface area contributed by atoms with Crippen LogP contribution in [-0.4, -0.2) is 21.5 Å². The highest BCUT2D eigenvalue weighted by Gasteiger charge is 2.35. The van der Waals surface area contributed by atoms with Crippen LogP contribution in [0.15, 0.2) is 36.5 Å². The highest BCUT2D eigenvalue weighted by Crippen LogP contribution is 2.38. The molecular formula is C16H13F3N4S. The zero-order valence-electron chi connectivity index (χ0n) is 12.5. The summed E-state index contributed by atoms with van der Waals surface area (Å²) in [6, 6.07) is 8.63. The van der Waals surface area contributed by atoms with Crippen LogP contribution >= 0.6 is 11.3 Å². The molecular weight excluding hydrogens is 337 g/mol. The SMILES string of the molecule is FC(F)(F)c1ccnc(N2CCCC2c2nc3ccccc3s2)n1. The smallest absolute Gasteiger partial charge is 0.331 e. The van der Waals surface area contributed by atoms with E-state index in [4.69, 9.17) is 0 Å². The van der Waals surface area contributed by atoms with Gasteiger partial charge in [-0.05, 0) is 31.0 Å². The quantitative estimate of drug-likeness (QED) is 0.685. The van der Waals surface area contributed by atoms with E-state index < -0.39 is 11.9 Å². The van der Waals surface area contributed by atoms with E-state index in [-0.39, 0.29) is 12.0 Å². The van der Waals surface area contributed by atoms with Gasteiger partial charge in [-0.25, -0.2) is 15.0 Å². The van der Waals surface area contributed by atoms with Gasteiger partial charge >= 0.3 is 6.18 Å². The third-order valence-electron chi connectivity index (χ3n) is 4.04. The molecule has 1 aliphatic heterocycles. The number of benzene rings is 1. The number of anilines is 1. The number of hydrogen-bond acceptors (Lipinski definition) is 5. The Bertz CT molecular complexity index is 844. The normalized spacial score (nSPS) is 18.5. The van der Waals surface area contributed by atoms with Gasteiger partial charge in [0.2, 0.25) is 5.95 Å². The molecule has 1 saturated heterocycles. The van der Waals surface area contributed by atoms with Gasteiger partial charge in [-0.1, -0.05) is 12.1 Å². The molecule has 0 saturated carbocycles. The maximum Gasteiger partial charge on any atom is 0.433 e. The molecule has 1 aromatic carbocycles. The molecule has 0 aliphatic carbocycles. The topological polar surface area (TPSA) is 41.9 Å². The molecule has 24 heavy (non-hydrogen) atoms. The molecule has 3 aromatic rings. The van der Waals surface area contributed by atoms with Crippen LogP contribution in [-0.2, 0) is 6.18 Å². The van der Waals surface area contributed by atoms with Crippen LogP contribution < -0.4 is 4.90 Å². The summed E-state index contributed by atoms with van der Waals surface area (Å²) in [6.07, 6.45) is -1.60. The highest BCUT2D eigenvalue weighted by atomic mass is 32.1. The Morgan fingerprint density at radius 3 is 2.75 bits per heavy atom. The molecule has 1 atom stereocenters. The van der Waals surface area contributed by atoms with Crippen molar-refractivity contribution in [1.29, 1.82) is 0 Å². The van der Waals surface area contributed by atoms with Gasteiger partial charge in [0.25, 0.3) is 0 Å². The number of alkyl halides is 3. The number of aromatic nitrogens is 3. The molecule has 4 rings (SSSR count).